The number of aromatic nitrogens is 1. The molecule has 0 radical (unpaired) electrons. The van der Waals surface area contributed by atoms with E-state index >= 15 is 0 Å². The number of hydrogen-bond donors (Lipinski definition) is 1. The molecule has 1 N–H and O–H groups in total. The molecule has 0 saturated heterocycles. The summed E-state index contributed by atoms with van der Waals surface area (Å²) < 4.78 is 7.31. The van der Waals surface area contributed by atoms with Gasteiger partial charge < -0.3 is 14.3 Å². The van der Waals surface area contributed by atoms with Gasteiger partial charge in [0.15, 0.2) is 0 Å². The lowest BCUT2D eigenvalue weighted by molar-refractivity contribution is -0.121. The average Bonchev–Trinajstić information content (AvgIpc) is 3.24. The van der Waals surface area contributed by atoms with Crippen LogP contribution in [-0.4, -0.2) is 10.5 Å². The molecule has 118 valence electrons. The zero-order valence-electron chi connectivity index (χ0n) is 13.1. The predicted molar refractivity (Wildman–Crippen MR) is 88.9 cm³/mol. The SMILES string of the molecule is Cc1cccc([C@H](CC(=O)NCc2ccco2)n2cccc2)c1. The molecule has 2 heterocycles. The van der Waals surface area contributed by atoms with E-state index in [1.807, 2.05) is 42.7 Å². The molecule has 0 fully saturated rings. The van der Waals surface area contributed by atoms with Crippen molar-refractivity contribution in [3.05, 3.63) is 84.1 Å². The molecule has 0 unspecified atom stereocenters. The number of aryl methyl sites for hydroxylation is 1. The van der Waals surface area contributed by atoms with Crippen molar-refractivity contribution >= 4 is 5.91 Å². The molecular formula is C19H20N2O2. The molecule has 0 aliphatic heterocycles. The molecule has 3 rings (SSSR count). The highest BCUT2D eigenvalue weighted by Crippen LogP contribution is 2.23. The molecule has 3 aromatic rings. The van der Waals surface area contributed by atoms with Crippen LogP contribution in [0.15, 0.2) is 71.6 Å². The van der Waals surface area contributed by atoms with Gasteiger partial charge in [-0.3, -0.25) is 4.79 Å². The van der Waals surface area contributed by atoms with Gasteiger partial charge in [-0.05, 0) is 36.8 Å². The summed E-state index contributed by atoms with van der Waals surface area (Å²) in [7, 11) is 0. The van der Waals surface area contributed by atoms with Crippen LogP contribution >= 0.6 is 0 Å². The van der Waals surface area contributed by atoms with E-state index in [0.717, 1.165) is 11.3 Å². The summed E-state index contributed by atoms with van der Waals surface area (Å²) in [5.74, 6) is 0.757. The number of nitrogens with one attached hydrogen (secondary N) is 1. The number of carbonyl (C=O) groups is 1. The number of rotatable bonds is 6. The summed E-state index contributed by atoms with van der Waals surface area (Å²) in [5.41, 5.74) is 2.32. The highest BCUT2D eigenvalue weighted by atomic mass is 16.3. The number of nitrogens with zero attached hydrogens (tertiary/aromatic N) is 1. The fourth-order valence-corrected chi connectivity index (χ4v) is 2.68. The Morgan fingerprint density at radius 3 is 2.70 bits per heavy atom. The summed E-state index contributed by atoms with van der Waals surface area (Å²) in [5, 5.41) is 2.92. The van der Waals surface area contributed by atoms with Crippen LogP contribution in [-0.2, 0) is 11.3 Å². The van der Waals surface area contributed by atoms with Gasteiger partial charge in [0, 0.05) is 12.4 Å². The van der Waals surface area contributed by atoms with Gasteiger partial charge in [0.25, 0.3) is 0 Å². The highest BCUT2D eigenvalue weighted by Gasteiger charge is 2.17. The Labute approximate surface area is 135 Å². The summed E-state index contributed by atoms with van der Waals surface area (Å²) in [6.07, 6.45) is 5.98. The van der Waals surface area contributed by atoms with Gasteiger partial charge in [-0.25, -0.2) is 0 Å². The standard InChI is InChI=1S/C19H20N2O2/c1-15-6-4-7-16(12-15)18(21-9-2-3-10-21)13-19(22)20-14-17-8-5-11-23-17/h2-12,18H,13-14H2,1H3,(H,20,22)/t18-/m0/s1. The molecule has 23 heavy (non-hydrogen) atoms. The molecule has 4 heteroatoms. The second-order valence-electron chi connectivity index (χ2n) is 5.62. The Kier molecular flexibility index (Phi) is 4.62. The maximum absolute atomic E-state index is 12.3. The Morgan fingerprint density at radius 1 is 1.17 bits per heavy atom. The Bertz CT molecular complexity index is 746. The average molecular weight is 308 g/mol. The van der Waals surface area contributed by atoms with E-state index in [1.54, 1.807) is 6.26 Å². The van der Waals surface area contributed by atoms with Gasteiger partial charge in [0.05, 0.1) is 25.3 Å². The van der Waals surface area contributed by atoms with Gasteiger partial charge in [-0.15, -0.1) is 0 Å². The predicted octanol–water partition coefficient (Wildman–Crippen LogP) is 3.69. The van der Waals surface area contributed by atoms with Crippen molar-refractivity contribution in [2.24, 2.45) is 0 Å². The maximum atomic E-state index is 12.3. The molecule has 0 aliphatic rings. The second-order valence-corrected chi connectivity index (χ2v) is 5.62. The van der Waals surface area contributed by atoms with E-state index in [-0.39, 0.29) is 11.9 Å². The van der Waals surface area contributed by atoms with Gasteiger partial charge in [0.1, 0.15) is 5.76 Å². The topological polar surface area (TPSA) is 47.2 Å². The summed E-state index contributed by atoms with van der Waals surface area (Å²) in [4.78, 5) is 12.3. The lowest BCUT2D eigenvalue weighted by atomic mass is 10.0. The minimum absolute atomic E-state index is 0.00149. The first-order valence-electron chi connectivity index (χ1n) is 7.70. The van der Waals surface area contributed by atoms with Crippen molar-refractivity contribution in [1.29, 1.82) is 0 Å². The molecule has 0 bridgehead atoms. The molecule has 2 aromatic heterocycles. The van der Waals surface area contributed by atoms with Gasteiger partial charge in [-0.2, -0.15) is 0 Å². The fraction of sp³-hybridized carbons (Fsp3) is 0.211. The van der Waals surface area contributed by atoms with Gasteiger partial charge in [0.2, 0.25) is 5.91 Å². The van der Waals surface area contributed by atoms with Crippen molar-refractivity contribution < 1.29 is 9.21 Å². The van der Waals surface area contributed by atoms with E-state index in [1.165, 1.54) is 5.56 Å². The van der Waals surface area contributed by atoms with Crippen molar-refractivity contribution in [2.75, 3.05) is 0 Å². The van der Waals surface area contributed by atoms with Crippen molar-refractivity contribution in [3.63, 3.8) is 0 Å². The van der Waals surface area contributed by atoms with Crippen molar-refractivity contribution in [3.8, 4) is 0 Å². The minimum atomic E-state index is -0.0125. The lowest BCUT2D eigenvalue weighted by Gasteiger charge is -2.19. The van der Waals surface area contributed by atoms with Crippen LogP contribution in [0.1, 0.15) is 29.3 Å². The fourth-order valence-electron chi connectivity index (χ4n) is 2.68. The zero-order chi connectivity index (χ0) is 16.1. The Morgan fingerprint density at radius 2 is 2.00 bits per heavy atom. The smallest absolute Gasteiger partial charge is 0.222 e. The summed E-state index contributed by atoms with van der Waals surface area (Å²) >= 11 is 0. The first-order chi connectivity index (χ1) is 11.2. The third-order valence-corrected chi connectivity index (χ3v) is 3.83. The van der Waals surface area contributed by atoms with Crippen molar-refractivity contribution in [1.82, 2.24) is 9.88 Å². The molecule has 0 aliphatic carbocycles. The normalized spacial score (nSPS) is 12.0. The highest BCUT2D eigenvalue weighted by molar-refractivity contribution is 5.76. The minimum Gasteiger partial charge on any atom is -0.467 e. The molecule has 0 spiro atoms. The number of hydrogen-bond acceptors (Lipinski definition) is 2. The number of carbonyl (C=O) groups excluding carboxylic acids is 1. The van der Waals surface area contributed by atoms with E-state index in [4.69, 9.17) is 4.42 Å². The van der Waals surface area contributed by atoms with Gasteiger partial charge >= 0.3 is 0 Å². The van der Waals surface area contributed by atoms with Gasteiger partial charge in [-0.1, -0.05) is 29.8 Å². The van der Waals surface area contributed by atoms with E-state index in [9.17, 15) is 4.79 Å². The van der Waals surface area contributed by atoms with Crippen LogP contribution in [0.5, 0.6) is 0 Å². The van der Waals surface area contributed by atoms with Crippen LogP contribution in [0.3, 0.4) is 0 Å². The Balaban J connectivity index is 1.72. The number of benzene rings is 1. The molecule has 1 aromatic carbocycles. The summed E-state index contributed by atoms with van der Waals surface area (Å²) in [6.45, 7) is 2.48. The quantitative estimate of drug-likeness (QED) is 0.755. The van der Waals surface area contributed by atoms with Crippen LogP contribution in [0.2, 0.25) is 0 Å². The zero-order valence-corrected chi connectivity index (χ0v) is 13.1. The third kappa shape index (κ3) is 3.92. The Hall–Kier alpha value is -2.75. The van der Waals surface area contributed by atoms with E-state index in [0.29, 0.717) is 13.0 Å². The third-order valence-electron chi connectivity index (χ3n) is 3.83. The van der Waals surface area contributed by atoms with Crippen LogP contribution < -0.4 is 5.32 Å². The van der Waals surface area contributed by atoms with E-state index < -0.39 is 0 Å². The van der Waals surface area contributed by atoms with Crippen LogP contribution in [0, 0.1) is 6.92 Å². The molecular weight excluding hydrogens is 288 g/mol. The number of furan rings is 1. The van der Waals surface area contributed by atoms with Crippen molar-refractivity contribution in [2.45, 2.75) is 25.9 Å². The van der Waals surface area contributed by atoms with Crippen LogP contribution in [0.25, 0.3) is 0 Å². The molecule has 1 atom stereocenters. The van der Waals surface area contributed by atoms with Crippen LogP contribution in [0.4, 0.5) is 0 Å². The first kappa shape index (κ1) is 15.2. The molecule has 0 saturated carbocycles. The maximum Gasteiger partial charge on any atom is 0.222 e. The second kappa shape index (κ2) is 7.01. The lowest BCUT2D eigenvalue weighted by Crippen LogP contribution is -2.26. The monoisotopic (exact) mass is 308 g/mol. The molecule has 1 amide bonds. The van der Waals surface area contributed by atoms with E-state index in [2.05, 4.69) is 35.0 Å². The summed E-state index contributed by atoms with van der Waals surface area (Å²) in [6, 6.07) is 15.9. The largest absolute Gasteiger partial charge is 0.467 e. The first-order valence-corrected chi connectivity index (χ1v) is 7.70. The molecule has 4 nitrogen and oxygen atoms in total. The number of amides is 1.